The minimum atomic E-state index is -2.29. The summed E-state index contributed by atoms with van der Waals surface area (Å²) in [6, 6.07) is 0. The van der Waals surface area contributed by atoms with Gasteiger partial charge in [-0.05, 0) is 0 Å². The van der Waals surface area contributed by atoms with Crippen molar-refractivity contribution in [3.05, 3.63) is 0 Å². The van der Waals surface area contributed by atoms with Crippen molar-refractivity contribution in [3.8, 4) is 24.7 Å². The maximum Gasteiger partial charge on any atom is 0.173 e. The predicted molar refractivity (Wildman–Crippen MR) is 49.5 cm³/mol. The van der Waals surface area contributed by atoms with Crippen LogP contribution < -0.4 is 0 Å². The van der Waals surface area contributed by atoms with E-state index >= 15 is 0 Å². The molecule has 2 atom stereocenters. The average Bonchev–Trinajstić information content (AvgIpc) is 2.25. The molecule has 0 amide bonds. The molecule has 11 heavy (non-hydrogen) atoms. The third-order valence-corrected chi connectivity index (χ3v) is 2.88. The Hall–Kier alpha value is -0.170. The first-order chi connectivity index (χ1) is 5.09. The lowest BCUT2D eigenvalue weighted by atomic mass is 10.2. The van der Waals surface area contributed by atoms with Crippen LogP contribution in [0.5, 0.6) is 0 Å². The molecule has 1 aliphatic heterocycles. The summed E-state index contributed by atoms with van der Waals surface area (Å²) in [6.45, 7) is 0. The van der Waals surface area contributed by atoms with E-state index in [1.165, 1.54) is 0 Å². The molecule has 1 fully saturated rings. The summed E-state index contributed by atoms with van der Waals surface area (Å²) in [7, 11) is -2.29. The first-order valence-corrected chi connectivity index (χ1v) is 5.96. The zero-order valence-corrected chi connectivity index (χ0v) is 7.80. The van der Waals surface area contributed by atoms with Gasteiger partial charge in [0.25, 0.3) is 0 Å². The van der Waals surface area contributed by atoms with E-state index in [4.69, 9.17) is 43.6 Å². The normalized spacial score (nSPS) is 34.0. The minimum Gasteiger partial charge on any atom is -0.270 e. The average molecular weight is 204 g/mol. The van der Waals surface area contributed by atoms with Gasteiger partial charge in [-0.25, -0.2) is 0 Å². The van der Waals surface area contributed by atoms with Crippen molar-refractivity contribution >= 4 is 30.1 Å². The lowest BCUT2D eigenvalue weighted by molar-refractivity contribution is 0.251. The minimum absolute atomic E-state index is 0.579. The number of rotatable bonds is 0. The highest BCUT2D eigenvalue weighted by atomic mass is 33.1. The van der Waals surface area contributed by atoms with Crippen LogP contribution in [-0.4, -0.2) is 12.2 Å². The molecule has 0 saturated carbocycles. The van der Waals surface area contributed by atoms with Crippen molar-refractivity contribution in [1.82, 2.24) is 0 Å². The Morgan fingerprint density at radius 1 is 1.09 bits per heavy atom. The molecule has 1 rings (SSSR count). The van der Waals surface area contributed by atoms with Crippen LogP contribution >= 0.6 is 0 Å². The van der Waals surface area contributed by atoms with E-state index in [1.807, 2.05) is 0 Å². The fourth-order valence-corrected chi connectivity index (χ4v) is 2.49. The van der Waals surface area contributed by atoms with Gasteiger partial charge in [0.05, 0.1) is 0 Å². The standard InChI is InChI=1S/C6H4O2S3/c1-3-5-6(4-2)8-11(9,10)7-5/h1-2,5-6H. The van der Waals surface area contributed by atoms with Crippen molar-refractivity contribution in [2.24, 2.45) is 0 Å². The van der Waals surface area contributed by atoms with Crippen LogP contribution in [0.2, 0.25) is 0 Å². The Balaban J connectivity index is 2.91. The van der Waals surface area contributed by atoms with Crippen LogP contribution in [0, 0.1) is 24.7 Å². The van der Waals surface area contributed by atoms with Gasteiger partial charge in [0, 0.05) is 22.4 Å². The Morgan fingerprint density at radius 2 is 1.45 bits per heavy atom. The second kappa shape index (κ2) is 3.06. The third kappa shape index (κ3) is 1.90. The SMILES string of the molecule is C#CC1OS(=S)(=S)OC1C#C. The molecular formula is C6H4O2S3. The largest absolute Gasteiger partial charge is 0.270 e. The van der Waals surface area contributed by atoms with E-state index in [-0.39, 0.29) is 0 Å². The smallest absolute Gasteiger partial charge is 0.173 e. The summed E-state index contributed by atoms with van der Waals surface area (Å²) in [5.41, 5.74) is 0. The Bertz CT molecular complexity index is 302. The molecule has 0 aromatic carbocycles. The van der Waals surface area contributed by atoms with Gasteiger partial charge < -0.3 is 0 Å². The Labute approximate surface area is 75.5 Å². The maximum absolute atomic E-state index is 5.09. The van der Waals surface area contributed by atoms with E-state index in [1.54, 1.807) is 0 Å². The molecule has 0 spiro atoms. The Morgan fingerprint density at radius 3 is 1.73 bits per heavy atom. The van der Waals surface area contributed by atoms with Gasteiger partial charge in [-0.2, -0.15) is 0 Å². The molecule has 0 bridgehead atoms. The molecule has 2 nitrogen and oxygen atoms in total. The van der Waals surface area contributed by atoms with E-state index in [2.05, 4.69) is 11.8 Å². The number of hydrogen-bond donors (Lipinski definition) is 0. The quantitative estimate of drug-likeness (QED) is 0.515. The lowest BCUT2D eigenvalue weighted by Crippen LogP contribution is -2.17. The zero-order chi connectivity index (χ0) is 8.48. The first kappa shape index (κ1) is 8.92. The van der Waals surface area contributed by atoms with Gasteiger partial charge in [-0.1, -0.05) is 11.8 Å². The van der Waals surface area contributed by atoms with Crippen LogP contribution in [0.25, 0.3) is 0 Å². The van der Waals surface area contributed by atoms with E-state index in [9.17, 15) is 0 Å². The van der Waals surface area contributed by atoms with Gasteiger partial charge in [-0.3, -0.25) is 8.37 Å². The van der Waals surface area contributed by atoms with Crippen LogP contribution in [0.1, 0.15) is 0 Å². The first-order valence-electron chi connectivity index (χ1n) is 2.63. The van der Waals surface area contributed by atoms with E-state index in [0.717, 1.165) is 0 Å². The topological polar surface area (TPSA) is 18.5 Å². The van der Waals surface area contributed by atoms with Crippen LogP contribution in [0.15, 0.2) is 0 Å². The highest BCUT2D eigenvalue weighted by Gasteiger charge is 2.32. The second-order valence-corrected chi connectivity index (χ2v) is 6.24. The molecule has 0 aliphatic carbocycles. The van der Waals surface area contributed by atoms with Crippen LogP contribution in [-0.2, 0) is 38.5 Å². The molecule has 2 unspecified atom stereocenters. The van der Waals surface area contributed by atoms with Gasteiger partial charge in [0.1, 0.15) is 7.71 Å². The maximum atomic E-state index is 5.09. The molecule has 0 radical (unpaired) electrons. The lowest BCUT2D eigenvalue weighted by Gasteiger charge is -1.98. The molecular weight excluding hydrogens is 200 g/mol. The number of terminal acetylenes is 2. The second-order valence-electron chi connectivity index (χ2n) is 1.78. The summed E-state index contributed by atoms with van der Waals surface area (Å²) in [4.78, 5) is 0. The highest BCUT2D eigenvalue weighted by molar-refractivity contribution is 8.51. The molecule has 5 heteroatoms. The molecule has 0 aromatic rings. The van der Waals surface area contributed by atoms with Crippen LogP contribution in [0.3, 0.4) is 0 Å². The molecule has 0 N–H and O–H groups in total. The monoisotopic (exact) mass is 204 g/mol. The fraction of sp³-hybridized carbons (Fsp3) is 0.333. The summed E-state index contributed by atoms with van der Waals surface area (Å²) < 4.78 is 10.0. The van der Waals surface area contributed by atoms with Crippen molar-refractivity contribution in [1.29, 1.82) is 0 Å². The highest BCUT2D eigenvalue weighted by Crippen LogP contribution is 2.19. The van der Waals surface area contributed by atoms with Gasteiger partial charge in [0.2, 0.25) is 0 Å². The van der Waals surface area contributed by atoms with Gasteiger partial charge >= 0.3 is 0 Å². The van der Waals surface area contributed by atoms with Crippen LogP contribution in [0.4, 0.5) is 0 Å². The van der Waals surface area contributed by atoms with Crippen molar-refractivity contribution in [3.63, 3.8) is 0 Å². The molecule has 1 saturated heterocycles. The summed E-state index contributed by atoms with van der Waals surface area (Å²) >= 11 is 9.52. The van der Waals surface area contributed by atoms with Crippen molar-refractivity contribution < 1.29 is 8.37 Å². The van der Waals surface area contributed by atoms with Crippen molar-refractivity contribution in [2.45, 2.75) is 12.2 Å². The third-order valence-electron chi connectivity index (χ3n) is 1.05. The summed E-state index contributed by atoms with van der Waals surface area (Å²) in [6.07, 6.45) is 9.02. The van der Waals surface area contributed by atoms with Crippen molar-refractivity contribution in [2.75, 3.05) is 0 Å². The summed E-state index contributed by atoms with van der Waals surface area (Å²) in [5, 5.41) is 0. The van der Waals surface area contributed by atoms with E-state index < -0.39 is 19.9 Å². The molecule has 58 valence electrons. The fourth-order valence-electron chi connectivity index (χ4n) is 0.608. The van der Waals surface area contributed by atoms with E-state index in [0.29, 0.717) is 0 Å². The summed E-state index contributed by atoms with van der Waals surface area (Å²) in [5.74, 6) is 4.64. The molecule has 0 aromatic heterocycles. The number of hydrogen-bond acceptors (Lipinski definition) is 4. The van der Waals surface area contributed by atoms with Gasteiger partial charge in [0.15, 0.2) is 12.2 Å². The predicted octanol–water partition coefficient (Wildman–Crippen LogP) is -0.0554. The zero-order valence-electron chi connectivity index (χ0n) is 5.35. The molecule has 1 aliphatic rings. The molecule has 1 heterocycles. The van der Waals surface area contributed by atoms with Gasteiger partial charge in [-0.15, -0.1) is 12.8 Å². The Kier molecular flexibility index (Phi) is 2.48.